The Kier molecular flexibility index (Phi) is 6.60. The molecule has 3 rings (SSSR count). The normalized spacial score (nSPS) is 10.7. The molecule has 0 saturated carbocycles. The summed E-state index contributed by atoms with van der Waals surface area (Å²) in [5, 5.41) is 8.29. The first-order valence-corrected chi connectivity index (χ1v) is 9.69. The van der Waals surface area contributed by atoms with Gasteiger partial charge in [-0.3, -0.25) is 9.48 Å². The van der Waals surface area contributed by atoms with Gasteiger partial charge in [-0.05, 0) is 55.3 Å². The van der Waals surface area contributed by atoms with Crippen LogP contribution in [0.3, 0.4) is 0 Å². The molecule has 1 aromatic heterocycles. The van der Waals surface area contributed by atoms with Crippen LogP contribution in [0.1, 0.15) is 34.1 Å². The molecule has 28 heavy (non-hydrogen) atoms. The molecule has 0 unspecified atom stereocenters. The van der Waals surface area contributed by atoms with Crippen LogP contribution in [0.25, 0.3) is 0 Å². The van der Waals surface area contributed by atoms with E-state index in [1.54, 1.807) is 23.0 Å². The van der Waals surface area contributed by atoms with Gasteiger partial charge >= 0.3 is 0 Å². The lowest BCUT2D eigenvalue weighted by atomic mass is 10.1. The molecule has 1 N–H and O–H groups in total. The Morgan fingerprint density at radius 2 is 2.04 bits per heavy atom. The van der Waals surface area contributed by atoms with E-state index in [1.165, 1.54) is 0 Å². The highest BCUT2D eigenvalue weighted by atomic mass is 35.5. The number of carbonyl (C=O) groups excluding carboxylic acids is 1. The highest BCUT2D eigenvalue weighted by Gasteiger charge is 2.11. The molecule has 0 bridgehead atoms. The maximum Gasteiger partial charge on any atom is 0.251 e. The zero-order valence-corrected chi connectivity index (χ0v) is 17.2. The second-order valence-electron chi connectivity index (χ2n) is 6.34. The molecule has 0 radical (unpaired) electrons. The monoisotopic (exact) mass is 417 g/mol. The third-order valence-corrected chi connectivity index (χ3v) is 4.88. The van der Waals surface area contributed by atoms with Crippen molar-refractivity contribution in [3.05, 3.63) is 81.1 Å². The lowest BCUT2D eigenvalue weighted by molar-refractivity contribution is 0.0949. The number of nitrogens with zero attached hydrogens (tertiary/aromatic N) is 2. The number of carbonyl (C=O) groups is 1. The molecule has 1 amide bonds. The number of nitrogens with one attached hydrogen (secondary N) is 1. The van der Waals surface area contributed by atoms with Crippen molar-refractivity contribution in [3.63, 3.8) is 0 Å². The average Bonchev–Trinajstić information content (AvgIpc) is 3.05. The summed E-state index contributed by atoms with van der Waals surface area (Å²) in [5.74, 6) is 0.589. The quantitative estimate of drug-likeness (QED) is 0.586. The van der Waals surface area contributed by atoms with Crippen molar-refractivity contribution in [1.29, 1.82) is 0 Å². The zero-order valence-electron chi connectivity index (χ0n) is 15.7. The molecule has 5 nitrogen and oxygen atoms in total. The van der Waals surface area contributed by atoms with Crippen LogP contribution in [0.5, 0.6) is 5.75 Å². The molecule has 2 aromatic carbocycles. The Labute approximate surface area is 174 Å². The first kappa shape index (κ1) is 20.2. The predicted octanol–water partition coefficient (Wildman–Crippen LogP) is 5.03. The van der Waals surface area contributed by atoms with Gasteiger partial charge in [0, 0.05) is 17.1 Å². The van der Waals surface area contributed by atoms with E-state index in [0.29, 0.717) is 35.3 Å². The van der Waals surface area contributed by atoms with Gasteiger partial charge in [0.1, 0.15) is 12.4 Å². The van der Waals surface area contributed by atoms with E-state index in [2.05, 4.69) is 10.4 Å². The highest BCUT2D eigenvalue weighted by molar-refractivity contribution is 6.31. The van der Waals surface area contributed by atoms with Crippen molar-refractivity contribution in [2.75, 3.05) is 0 Å². The minimum atomic E-state index is -0.176. The molecule has 1 heterocycles. The van der Waals surface area contributed by atoms with E-state index in [-0.39, 0.29) is 5.91 Å². The summed E-state index contributed by atoms with van der Waals surface area (Å²) in [4.78, 5) is 12.5. The topological polar surface area (TPSA) is 56.2 Å². The van der Waals surface area contributed by atoms with Gasteiger partial charge in [0.15, 0.2) is 0 Å². The van der Waals surface area contributed by atoms with E-state index in [1.807, 2.05) is 44.2 Å². The number of aryl methyl sites for hydroxylation is 2. The Morgan fingerprint density at radius 3 is 2.79 bits per heavy atom. The fraction of sp³-hybridized carbons (Fsp3) is 0.238. The third-order valence-electron chi connectivity index (χ3n) is 4.33. The smallest absolute Gasteiger partial charge is 0.251 e. The minimum Gasteiger partial charge on any atom is -0.489 e. The van der Waals surface area contributed by atoms with Gasteiger partial charge in [0.2, 0.25) is 0 Å². The molecule has 0 saturated heterocycles. The van der Waals surface area contributed by atoms with E-state index in [4.69, 9.17) is 27.9 Å². The van der Waals surface area contributed by atoms with Gasteiger partial charge in [0.25, 0.3) is 5.91 Å². The average molecular weight is 418 g/mol. The molecule has 0 aliphatic carbocycles. The lowest BCUT2D eigenvalue weighted by Gasteiger charge is -2.11. The highest BCUT2D eigenvalue weighted by Crippen LogP contribution is 2.23. The van der Waals surface area contributed by atoms with Crippen LogP contribution in [-0.4, -0.2) is 15.7 Å². The molecule has 0 spiro atoms. The summed E-state index contributed by atoms with van der Waals surface area (Å²) >= 11 is 12.1. The maximum atomic E-state index is 12.5. The van der Waals surface area contributed by atoms with Crippen LogP contribution < -0.4 is 10.1 Å². The molecular weight excluding hydrogens is 397 g/mol. The van der Waals surface area contributed by atoms with Crippen molar-refractivity contribution < 1.29 is 9.53 Å². The Bertz CT molecular complexity index is 986. The van der Waals surface area contributed by atoms with Crippen LogP contribution >= 0.6 is 23.2 Å². The van der Waals surface area contributed by atoms with E-state index >= 15 is 0 Å². The van der Waals surface area contributed by atoms with E-state index < -0.39 is 0 Å². The molecule has 0 aliphatic rings. The molecule has 0 fully saturated rings. The summed E-state index contributed by atoms with van der Waals surface area (Å²) in [6.45, 7) is 5.28. The number of amides is 1. The second-order valence-corrected chi connectivity index (χ2v) is 7.18. The fourth-order valence-corrected chi connectivity index (χ4v) is 3.28. The van der Waals surface area contributed by atoms with Gasteiger partial charge in [-0.2, -0.15) is 5.10 Å². The number of halogens is 2. The Morgan fingerprint density at radius 1 is 1.21 bits per heavy atom. The Balaban J connectivity index is 1.63. The summed E-state index contributed by atoms with van der Waals surface area (Å²) < 4.78 is 7.62. The SMILES string of the molecule is CCn1ncc(Cl)c1CNC(=O)c1cccc(COc2ccc(Cl)cc2C)c1. The Hall–Kier alpha value is -2.50. The number of aromatic nitrogens is 2. The lowest BCUT2D eigenvalue weighted by Crippen LogP contribution is -2.24. The standard InChI is InChI=1S/C21H21Cl2N3O2/c1-3-26-19(18(23)11-25-26)12-24-21(27)16-6-4-5-15(10-16)13-28-20-8-7-17(22)9-14(20)2/h4-11H,3,12-13H2,1-2H3,(H,24,27). The summed E-state index contributed by atoms with van der Waals surface area (Å²) in [6.07, 6.45) is 1.59. The first-order chi connectivity index (χ1) is 13.5. The molecule has 0 aliphatic heterocycles. The second kappa shape index (κ2) is 9.13. The molecule has 0 atom stereocenters. The van der Waals surface area contributed by atoms with Crippen molar-refractivity contribution in [2.24, 2.45) is 0 Å². The fourth-order valence-electron chi connectivity index (χ4n) is 2.84. The van der Waals surface area contributed by atoms with Crippen molar-refractivity contribution in [3.8, 4) is 5.75 Å². The molecule has 146 valence electrons. The van der Waals surface area contributed by atoms with E-state index in [0.717, 1.165) is 22.6 Å². The summed E-state index contributed by atoms with van der Waals surface area (Å²) in [7, 11) is 0. The molecule has 3 aromatic rings. The minimum absolute atomic E-state index is 0.176. The van der Waals surface area contributed by atoms with Gasteiger partial charge in [0.05, 0.1) is 23.5 Å². The van der Waals surface area contributed by atoms with Crippen LogP contribution in [0.15, 0.2) is 48.7 Å². The molecule has 7 heteroatoms. The number of benzene rings is 2. The number of hydrogen-bond donors (Lipinski definition) is 1. The first-order valence-electron chi connectivity index (χ1n) is 8.94. The van der Waals surface area contributed by atoms with Crippen molar-refractivity contribution >= 4 is 29.1 Å². The van der Waals surface area contributed by atoms with Gasteiger partial charge in [-0.1, -0.05) is 35.3 Å². The van der Waals surface area contributed by atoms with Crippen molar-refractivity contribution in [2.45, 2.75) is 33.5 Å². The van der Waals surface area contributed by atoms with Crippen LogP contribution in [-0.2, 0) is 19.7 Å². The van der Waals surface area contributed by atoms with Crippen molar-refractivity contribution in [1.82, 2.24) is 15.1 Å². The summed E-state index contributed by atoms with van der Waals surface area (Å²) in [5.41, 5.74) is 3.22. The third kappa shape index (κ3) is 4.86. The number of ether oxygens (including phenoxy) is 1. The zero-order chi connectivity index (χ0) is 20.1. The molecular formula is C21H21Cl2N3O2. The van der Waals surface area contributed by atoms with E-state index in [9.17, 15) is 4.79 Å². The van der Waals surface area contributed by atoms with Crippen LogP contribution in [0.4, 0.5) is 0 Å². The number of hydrogen-bond acceptors (Lipinski definition) is 3. The van der Waals surface area contributed by atoms with Crippen LogP contribution in [0.2, 0.25) is 10.0 Å². The number of rotatable bonds is 7. The largest absolute Gasteiger partial charge is 0.489 e. The van der Waals surface area contributed by atoms with Gasteiger partial charge in [-0.25, -0.2) is 0 Å². The summed E-state index contributed by atoms with van der Waals surface area (Å²) in [6, 6.07) is 12.8. The maximum absolute atomic E-state index is 12.5. The van der Waals surface area contributed by atoms with Crippen LogP contribution in [0, 0.1) is 6.92 Å². The van der Waals surface area contributed by atoms with Gasteiger partial charge in [-0.15, -0.1) is 0 Å². The predicted molar refractivity (Wildman–Crippen MR) is 111 cm³/mol. The van der Waals surface area contributed by atoms with Gasteiger partial charge < -0.3 is 10.1 Å².